The van der Waals surface area contributed by atoms with E-state index in [1.54, 1.807) is 0 Å². The molecule has 3 rings (SSSR count). The van der Waals surface area contributed by atoms with Crippen LogP contribution in [0.3, 0.4) is 0 Å². The third-order valence-electron chi connectivity index (χ3n) is 3.92. The fourth-order valence-electron chi connectivity index (χ4n) is 2.61. The Labute approximate surface area is 164 Å². The number of carbonyl (C=O) groups is 2. The Balaban J connectivity index is 1.50. The second kappa shape index (κ2) is 8.83. The highest BCUT2D eigenvalue weighted by molar-refractivity contribution is 7.99. The SMILES string of the molecule is CCn1c(SCC(=O)NCC(=O)Nc2ccc(F)c(F)c2)nc2ccccc21. The van der Waals surface area contributed by atoms with Gasteiger partial charge in [-0.3, -0.25) is 9.59 Å². The van der Waals surface area contributed by atoms with E-state index in [9.17, 15) is 18.4 Å². The van der Waals surface area contributed by atoms with Gasteiger partial charge >= 0.3 is 0 Å². The van der Waals surface area contributed by atoms with Gasteiger partial charge in [0, 0.05) is 18.3 Å². The number of nitrogens with one attached hydrogen (secondary N) is 2. The molecule has 0 spiro atoms. The van der Waals surface area contributed by atoms with Gasteiger partial charge in [0.05, 0.1) is 23.3 Å². The minimum Gasteiger partial charge on any atom is -0.346 e. The number of benzene rings is 2. The van der Waals surface area contributed by atoms with Crippen LogP contribution in [0.15, 0.2) is 47.6 Å². The fraction of sp³-hybridized carbons (Fsp3) is 0.211. The molecule has 0 saturated carbocycles. The van der Waals surface area contributed by atoms with E-state index in [4.69, 9.17) is 0 Å². The van der Waals surface area contributed by atoms with Gasteiger partial charge in [0.25, 0.3) is 0 Å². The molecule has 0 unspecified atom stereocenters. The van der Waals surface area contributed by atoms with Crippen molar-refractivity contribution in [1.82, 2.24) is 14.9 Å². The van der Waals surface area contributed by atoms with Gasteiger partial charge in [0.15, 0.2) is 16.8 Å². The number of hydrogen-bond donors (Lipinski definition) is 2. The topological polar surface area (TPSA) is 76.0 Å². The van der Waals surface area contributed by atoms with Gasteiger partial charge < -0.3 is 15.2 Å². The zero-order valence-electron chi connectivity index (χ0n) is 15.0. The van der Waals surface area contributed by atoms with Crippen molar-refractivity contribution in [3.8, 4) is 0 Å². The lowest BCUT2D eigenvalue weighted by molar-refractivity contribution is -0.122. The van der Waals surface area contributed by atoms with Crippen LogP contribution in [-0.2, 0) is 16.1 Å². The molecule has 28 heavy (non-hydrogen) atoms. The number of anilines is 1. The first-order chi connectivity index (χ1) is 13.5. The number of carbonyl (C=O) groups excluding carboxylic acids is 2. The smallest absolute Gasteiger partial charge is 0.243 e. The zero-order chi connectivity index (χ0) is 20.1. The van der Waals surface area contributed by atoms with Gasteiger partial charge in [-0.15, -0.1) is 0 Å². The second-order valence-corrected chi connectivity index (χ2v) is 6.81. The van der Waals surface area contributed by atoms with Gasteiger partial charge in [0.2, 0.25) is 11.8 Å². The number of aryl methyl sites for hydroxylation is 1. The molecule has 0 aliphatic heterocycles. The van der Waals surface area contributed by atoms with Crippen molar-refractivity contribution in [2.45, 2.75) is 18.6 Å². The first-order valence-corrected chi connectivity index (χ1v) is 9.56. The maximum atomic E-state index is 13.1. The minimum absolute atomic E-state index is 0.0990. The summed E-state index contributed by atoms with van der Waals surface area (Å²) in [4.78, 5) is 28.4. The number of thioether (sulfide) groups is 1. The van der Waals surface area contributed by atoms with E-state index in [-0.39, 0.29) is 23.9 Å². The summed E-state index contributed by atoms with van der Waals surface area (Å²) in [6.45, 7) is 2.45. The minimum atomic E-state index is -1.06. The van der Waals surface area contributed by atoms with Gasteiger partial charge in [-0.2, -0.15) is 0 Å². The summed E-state index contributed by atoms with van der Waals surface area (Å²) in [5.41, 5.74) is 1.97. The molecule has 2 amide bonds. The number of imidazole rings is 1. The maximum Gasteiger partial charge on any atom is 0.243 e. The Bertz CT molecular complexity index is 1020. The van der Waals surface area contributed by atoms with Crippen molar-refractivity contribution in [1.29, 1.82) is 0 Å². The van der Waals surface area contributed by atoms with Crippen molar-refractivity contribution in [2.24, 2.45) is 0 Å². The van der Waals surface area contributed by atoms with E-state index in [0.717, 1.165) is 34.9 Å². The maximum absolute atomic E-state index is 13.1. The van der Waals surface area contributed by atoms with Crippen LogP contribution < -0.4 is 10.6 Å². The van der Waals surface area contributed by atoms with Crippen LogP contribution in [0.25, 0.3) is 11.0 Å². The number of hydrogen-bond acceptors (Lipinski definition) is 4. The second-order valence-electron chi connectivity index (χ2n) is 5.87. The summed E-state index contributed by atoms with van der Waals surface area (Å²) in [6, 6.07) is 10.8. The fourth-order valence-corrected chi connectivity index (χ4v) is 3.52. The molecule has 2 N–H and O–H groups in total. The number of halogens is 2. The normalized spacial score (nSPS) is 10.8. The Hall–Kier alpha value is -2.94. The van der Waals surface area contributed by atoms with Gasteiger partial charge in [-0.1, -0.05) is 23.9 Å². The third kappa shape index (κ3) is 4.66. The van der Waals surface area contributed by atoms with E-state index in [1.165, 1.54) is 17.8 Å². The summed E-state index contributed by atoms with van der Waals surface area (Å²) < 4.78 is 28.0. The lowest BCUT2D eigenvalue weighted by atomic mass is 10.3. The summed E-state index contributed by atoms with van der Waals surface area (Å²) in [6.07, 6.45) is 0. The number of para-hydroxylation sites is 2. The highest BCUT2D eigenvalue weighted by Gasteiger charge is 2.13. The molecule has 1 heterocycles. The Kier molecular flexibility index (Phi) is 6.25. The summed E-state index contributed by atoms with van der Waals surface area (Å²) in [5, 5.41) is 5.61. The highest BCUT2D eigenvalue weighted by Crippen LogP contribution is 2.23. The predicted molar refractivity (Wildman–Crippen MR) is 104 cm³/mol. The molecule has 146 valence electrons. The van der Waals surface area contributed by atoms with Crippen LogP contribution in [0.1, 0.15) is 6.92 Å². The molecule has 0 saturated heterocycles. The van der Waals surface area contributed by atoms with Crippen LogP contribution in [0.5, 0.6) is 0 Å². The predicted octanol–water partition coefficient (Wildman–Crippen LogP) is 3.18. The average Bonchev–Trinajstić information content (AvgIpc) is 3.05. The lowest BCUT2D eigenvalue weighted by Gasteiger charge is -2.08. The molecule has 2 aromatic carbocycles. The highest BCUT2D eigenvalue weighted by atomic mass is 32.2. The Morgan fingerprint density at radius 3 is 2.64 bits per heavy atom. The number of fused-ring (bicyclic) bond motifs is 1. The van der Waals surface area contributed by atoms with Crippen LogP contribution in [0.4, 0.5) is 14.5 Å². The number of amides is 2. The van der Waals surface area contributed by atoms with E-state index >= 15 is 0 Å². The molecule has 9 heteroatoms. The van der Waals surface area contributed by atoms with Crippen LogP contribution in [0.2, 0.25) is 0 Å². The van der Waals surface area contributed by atoms with Crippen molar-refractivity contribution in [3.05, 3.63) is 54.1 Å². The van der Waals surface area contributed by atoms with E-state index in [2.05, 4.69) is 15.6 Å². The van der Waals surface area contributed by atoms with Gasteiger partial charge in [-0.25, -0.2) is 13.8 Å². The Morgan fingerprint density at radius 2 is 1.89 bits per heavy atom. The number of rotatable bonds is 7. The van der Waals surface area contributed by atoms with E-state index < -0.39 is 17.5 Å². The molecule has 3 aromatic rings. The largest absolute Gasteiger partial charge is 0.346 e. The molecule has 1 aromatic heterocycles. The summed E-state index contributed by atoms with van der Waals surface area (Å²) in [7, 11) is 0. The molecule has 0 bridgehead atoms. The van der Waals surface area contributed by atoms with Gasteiger partial charge in [0.1, 0.15) is 0 Å². The molecule has 0 aliphatic carbocycles. The molecule has 0 atom stereocenters. The lowest BCUT2D eigenvalue weighted by Crippen LogP contribution is -2.34. The molecule has 6 nitrogen and oxygen atoms in total. The number of nitrogens with zero attached hydrogens (tertiary/aromatic N) is 2. The van der Waals surface area contributed by atoms with Crippen molar-refractivity contribution in [2.75, 3.05) is 17.6 Å². The van der Waals surface area contributed by atoms with Crippen LogP contribution in [0, 0.1) is 11.6 Å². The first kappa shape index (κ1) is 19.8. The standard InChI is InChI=1S/C19H18F2N4O2S/c1-2-25-16-6-4-3-5-15(16)24-19(25)28-11-18(27)22-10-17(26)23-12-7-8-13(20)14(21)9-12/h3-9H,2,10-11H2,1H3,(H,22,27)(H,23,26). The monoisotopic (exact) mass is 404 g/mol. The van der Waals surface area contributed by atoms with Crippen molar-refractivity contribution < 1.29 is 18.4 Å². The van der Waals surface area contributed by atoms with Crippen LogP contribution >= 0.6 is 11.8 Å². The molecule has 0 fully saturated rings. The van der Waals surface area contributed by atoms with Gasteiger partial charge in [-0.05, 0) is 31.2 Å². The number of aromatic nitrogens is 2. The van der Waals surface area contributed by atoms with E-state index in [1.807, 2.05) is 35.8 Å². The summed E-state index contributed by atoms with van der Waals surface area (Å²) in [5.74, 6) is -2.83. The molecular weight excluding hydrogens is 386 g/mol. The Morgan fingerprint density at radius 1 is 1.11 bits per heavy atom. The van der Waals surface area contributed by atoms with E-state index in [0.29, 0.717) is 0 Å². The van der Waals surface area contributed by atoms with Crippen molar-refractivity contribution in [3.63, 3.8) is 0 Å². The molecule has 0 radical (unpaired) electrons. The van der Waals surface area contributed by atoms with Crippen LogP contribution in [-0.4, -0.2) is 33.7 Å². The first-order valence-electron chi connectivity index (χ1n) is 8.57. The third-order valence-corrected chi connectivity index (χ3v) is 4.89. The molecular formula is C19H18F2N4O2S. The van der Waals surface area contributed by atoms with Crippen molar-refractivity contribution >= 4 is 40.3 Å². The average molecular weight is 404 g/mol. The quantitative estimate of drug-likeness (QED) is 0.593. The summed E-state index contributed by atoms with van der Waals surface area (Å²) >= 11 is 1.28. The molecule has 0 aliphatic rings. The zero-order valence-corrected chi connectivity index (χ0v) is 15.9.